The number of carbonyl (C=O) groups is 1. The van der Waals surface area contributed by atoms with Crippen molar-refractivity contribution in [3.05, 3.63) is 29.8 Å². The van der Waals surface area contributed by atoms with Crippen LogP contribution in [0, 0.1) is 5.92 Å². The number of methoxy groups -OCH3 is 1. The Morgan fingerprint density at radius 3 is 2.89 bits per heavy atom. The molecule has 0 saturated heterocycles. The van der Waals surface area contributed by atoms with Crippen LogP contribution in [-0.2, 0) is 16.0 Å². The van der Waals surface area contributed by atoms with Gasteiger partial charge in [0.05, 0.1) is 7.11 Å². The first-order valence-electron chi connectivity index (χ1n) is 6.73. The predicted octanol–water partition coefficient (Wildman–Crippen LogP) is 2.39. The molecule has 1 aromatic rings. The molecule has 1 aliphatic carbocycles. The maximum Gasteiger partial charge on any atom is 0.328 e. The number of benzene rings is 1. The number of hydrogen-bond donors (Lipinski definition) is 0. The number of esters is 1. The molecule has 0 bridgehead atoms. The molecule has 0 amide bonds. The normalized spacial score (nSPS) is 20.2. The Labute approximate surface area is 108 Å². The van der Waals surface area contributed by atoms with Gasteiger partial charge in [-0.1, -0.05) is 18.2 Å². The minimum absolute atomic E-state index is 0.0727. The summed E-state index contributed by atoms with van der Waals surface area (Å²) < 4.78 is 5.00. The van der Waals surface area contributed by atoms with Gasteiger partial charge in [-0.25, -0.2) is 4.79 Å². The van der Waals surface area contributed by atoms with Crippen LogP contribution in [0.4, 0.5) is 5.69 Å². The summed E-state index contributed by atoms with van der Waals surface area (Å²) in [5, 5.41) is 0. The number of aryl methyl sites for hydroxylation is 1. The summed E-state index contributed by atoms with van der Waals surface area (Å²) in [6.45, 7) is 0.966. The summed E-state index contributed by atoms with van der Waals surface area (Å²) in [6.07, 6.45) is 4.54. The Balaban J connectivity index is 1.93. The monoisotopic (exact) mass is 245 g/mol. The number of rotatable bonds is 3. The van der Waals surface area contributed by atoms with Gasteiger partial charge >= 0.3 is 5.97 Å². The summed E-state index contributed by atoms with van der Waals surface area (Å²) in [5.74, 6) is 0.415. The molecular formula is C15H19NO2. The maximum absolute atomic E-state index is 12.0. The molecule has 3 rings (SSSR count). The van der Waals surface area contributed by atoms with E-state index >= 15 is 0 Å². The van der Waals surface area contributed by atoms with Crippen molar-refractivity contribution >= 4 is 11.7 Å². The van der Waals surface area contributed by atoms with E-state index in [-0.39, 0.29) is 12.0 Å². The van der Waals surface area contributed by atoms with E-state index in [9.17, 15) is 4.79 Å². The molecule has 1 saturated carbocycles. The molecule has 0 aromatic heterocycles. The lowest BCUT2D eigenvalue weighted by Gasteiger charge is -2.36. The lowest BCUT2D eigenvalue weighted by atomic mass is 9.98. The van der Waals surface area contributed by atoms with Gasteiger partial charge in [0.1, 0.15) is 6.04 Å². The van der Waals surface area contributed by atoms with Gasteiger partial charge in [0.15, 0.2) is 0 Å². The molecule has 2 aliphatic rings. The van der Waals surface area contributed by atoms with Crippen molar-refractivity contribution in [1.29, 1.82) is 0 Å². The quantitative estimate of drug-likeness (QED) is 0.766. The standard InChI is InChI=1S/C15H19NO2/c1-18-15(17)14(12-8-9-12)16-10-4-6-11-5-2-3-7-13(11)16/h2-3,5,7,12,14H,4,6,8-10H2,1H3. The first kappa shape index (κ1) is 11.6. The van der Waals surface area contributed by atoms with Gasteiger partial charge < -0.3 is 9.64 Å². The number of nitrogens with zero attached hydrogens (tertiary/aromatic N) is 1. The molecular weight excluding hydrogens is 226 g/mol. The second-order valence-electron chi connectivity index (χ2n) is 5.23. The summed E-state index contributed by atoms with van der Waals surface area (Å²) in [7, 11) is 1.49. The van der Waals surface area contributed by atoms with Crippen LogP contribution in [0.5, 0.6) is 0 Å². The van der Waals surface area contributed by atoms with Crippen molar-refractivity contribution in [2.24, 2.45) is 5.92 Å². The van der Waals surface area contributed by atoms with E-state index in [1.807, 2.05) is 0 Å². The highest BCUT2D eigenvalue weighted by Crippen LogP contribution is 2.40. The van der Waals surface area contributed by atoms with Crippen LogP contribution in [0.3, 0.4) is 0 Å². The van der Waals surface area contributed by atoms with Gasteiger partial charge in [0.2, 0.25) is 0 Å². The van der Waals surface area contributed by atoms with E-state index in [0.29, 0.717) is 5.92 Å². The molecule has 1 atom stereocenters. The largest absolute Gasteiger partial charge is 0.467 e. The van der Waals surface area contributed by atoms with Crippen molar-refractivity contribution in [2.45, 2.75) is 31.7 Å². The topological polar surface area (TPSA) is 29.5 Å². The van der Waals surface area contributed by atoms with Crippen LogP contribution in [-0.4, -0.2) is 25.7 Å². The third-order valence-electron chi connectivity index (χ3n) is 3.99. The Bertz CT molecular complexity index is 454. The zero-order valence-corrected chi connectivity index (χ0v) is 10.8. The Morgan fingerprint density at radius 2 is 2.17 bits per heavy atom. The smallest absolute Gasteiger partial charge is 0.328 e. The molecule has 1 unspecified atom stereocenters. The summed E-state index contributed by atoms with van der Waals surface area (Å²) in [5.41, 5.74) is 2.59. The average molecular weight is 245 g/mol. The number of anilines is 1. The van der Waals surface area contributed by atoms with Gasteiger partial charge in [0, 0.05) is 12.2 Å². The molecule has 1 heterocycles. The predicted molar refractivity (Wildman–Crippen MR) is 70.6 cm³/mol. The first-order valence-corrected chi connectivity index (χ1v) is 6.73. The lowest BCUT2D eigenvalue weighted by Crippen LogP contribution is -2.46. The van der Waals surface area contributed by atoms with Crippen LogP contribution in [0.1, 0.15) is 24.8 Å². The first-order chi connectivity index (χ1) is 8.81. The van der Waals surface area contributed by atoms with Crippen LogP contribution in [0.15, 0.2) is 24.3 Å². The van der Waals surface area contributed by atoms with Gasteiger partial charge in [-0.15, -0.1) is 0 Å². The van der Waals surface area contributed by atoms with E-state index in [4.69, 9.17) is 4.74 Å². The number of ether oxygens (including phenoxy) is 1. The SMILES string of the molecule is COC(=O)C(C1CC1)N1CCCc2ccccc21. The van der Waals surface area contributed by atoms with Crippen LogP contribution in [0.2, 0.25) is 0 Å². The molecule has 0 radical (unpaired) electrons. The minimum Gasteiger partial charge on any atom is -0.467 e. The molecule has 0 N–H and O–H groups in total. The minimum atomic E-state index is -0.0748. The fraction of sp³-hybridized carbons (Fsp3) is 0.533. The number of para-hydroxylation sites is 1. The summed E-state index contributed by atoms with van der Waals surface area (Å²) >= 11 is 0. The molecule has 3 nitrogen and oxygen atoms in total. The third kappa shape index (κ3) is 1.98. The second kappa shape index (κ2) is 4.63. The van der Waals surface area contributed by atoms with E-state index in [0.717, 1.165) is 32.2 Å². The van der Waals surface area contributed by atoms with Crippen LogP contribution >= 0.6 is 0 Å². The molecule has 1 aromatic carbocycles. The van der Waals surface area contributed by atoms with Crippen molar-refractivity contribution in [3.8, 4) is 0 Å². The zero-order chi connectivity index (χ0) is 12.5. The highest BCUT2D eigenvalue weighted by atomic mass is 16.5. The number of hydrogen-bond acceptors (Lipinski definition) is 3. The van der Waals surface area contributed by atoms with E-state index < -0.39 is 0 Å². The fourth-order valence-corrected chi connectivity index (χ4v) is 2.96. The molecule has 1 aliphatic heterocycles. The Morgan fingerprint density at radius 1 is 1.39 bits per heavy atom. The molecule has 3 heteroatoms. The van der Waals surface area contributed by atoms with Crippen molar-refractivity contribution in [2.75, 3.05) is 18.6 Å². The number of fused-ring (bicyclic) bond motifs is 1. The highest BCUT2D eigenvalue weighted by molar-refractivity contribution is 5.81. The Kier molecular flexibility index (Phi) is 2.98. The molecule has 0 spiro atoms. The van der Waals surface area contributed by atoms with Gasteiger partial charge in [-0.05, 0) is 43.2 Å². The van der Waals surface area contributed by atoms with Crippen LogP contribution < -0.4 is 4.90 Å². The number of carbonyl (C=O) groups excluding carboxylic acids is 1. The molecule has 18 heavy (non-hydrogen) atoms. The van der Waals surface area contributed by atoms with E-state index in [1.165, 1.54) is 18.4 Å². The molecule has 96 valence electrons. The molecule has 1 fully saturated rings. The third-order valence-corrected chi connectivity index (χ3v) is 3.99. The van der Waals surface area contributed by atoms with Crippen LogP contribution in [0.25, 0.3) is 0 Å². The Hall–Kier alpha value is -1.51. The average Bonchev–Trinajstić information content (AvgIpc) is 3.24. The van der Waals surface area contributed by atoms with Gasteiger partial charge in [-0.2, -0.15) is 0 Å². The maximum atomic E-state index is 12.0. The van der Waals surface area contributed by atoms with Gasteiger partial charge in [-0.3, -0.25) is 0 Å². The van der Waals surface area contributed by atoms with Gasteiger partial charge in [0.25, 0.3) is 0 Å². The zero-order valence-electron chi connectivity index (χ0n) is 10.8. The van der Waals surface area contributed by atoms with Crippen molar-refractivity contribution < 1.29 is 9.53 Å². The van der Waals surface area contributed by atoms with E-state index in [1.54, 1.807) is 0 Å². The van der Waals surface area contributed by atoms with E-state index in [2.05, 4.69) is 29.2 Å². The lowest BCUT2D eigenvalue weighted by molar-refractivity contribution is -0.142. The van der Waals surface area contributed by atoms with Crippen molar-refractivity contribution in [3.63, 3.8) is 0 Å². The summed E-state index contributed by atoms with van der Waals surface area (Å²) in [6, 6.07) is 8.36. The highest BCUT2D eigenvalue weighted by Gasteiger charge is 2.42. The summed E-state index contributed by atoms with van der Waals surface area (Å²) in [4.78, 5) is 14.3. The fourth-order valence-electron chi connectivity index (χ4n) is 2.96. The second-order valence-corrected chi connectivity index (χ2v) is 5.23. The van der Waals surface area contributed by atoms with Crippen molar-refractivity contribution in [1.82, 2.24) is 0 Å².